The van der Waals surface area contributed by atoms with Crippen LogP contribution in [-0.4, -0.2) is 44.8 Å². The minimum absolute atomic E-state index is 0.0174. The number of anilines is 1. The van der Waals surface area contributed by atoms with Gasteiger partial charge < -0.3 is 10.2 Å². The summed E-state index contributed by atoms with van der Waals surface area (Å²) in [6, 6.07) is 16.7. The molecule has 0 aliphatic heterocycles. The van der Waals surface area contributed by atoms with Crippen molar-refractivity contribution in [1.29, 1.82) is 0 Å². The number of rotatable bonds is 9. The molecule has 0 heterocycles. The highest BCUT2D eigenvalue weighted by atomic mass is 35.5. The summed E-state index contributed by atoms with van der Waals surface area (Å²) in [5, 5.41) is 3.17. The molecular weight excluding hydrogens is 557 g/mol. The number of carbonyl (C=O) groups is 2. The Kier molecular flexibility index (Phi) is 9.47. The molecule has 0 aromatic heterocycles. The zero-order chi connectivity index (χ0) is 27.3. The second kappa shape index (κ2) is 12.2. The Hall–Kier alpha value is -2.78. The van der Waals surface area contributed by atoms with Crippen LogP contribution in [0.5, 0.6) is 0 Å². The number of likely N-dealkylation sites (N-methyl/N-ethyl adjacent to an activating group) is 1. The fourth-order valence-electron chi connectivity index (χ4n) is 3.61. The monoisotopic (exact) mass is 581 g/mol. The van der Waals surface area contributed by atoms with E-state index in [4.69, 9.17) is 34.8 Å². The van der Waals surface area contributed by atoms with Crippen LogP contribution in [0.2, 0.25) is 15.1 Å². The molecule has 0 bridgehead atoms. The zero-order valence-electron chi connectivity index (χ0n) is 20.4. The number of hydrogen-bond donors (Lipinski definition) is 1. The van der Waals surface area contributed by atoms with Crippen molar-refractivity contribution in [3.05, 3.63) is 92.9 Å². The fraction of sp³-hybridized carbons (Fsp3) is 0.231. The largest absolute Gasteiger partial charge is 0.357 e. The Bertz CT molecular complexity index is 1380. The van der Waals surface area contributed by atoms with E-state index in [1.165, 1.54) is 36.2 Å². The number of aryl methyl sites for hydroxylation is 1. The van der Waals surface area contributed by atoms with E-state index in [-0.39, 0.29) is 27.2 Å². The molecule has 0 fully saturated rings. The molecule has 2 amide bonds. The Labute approximate surface area is 232 Å². The average molecular weight is 583 g/mol. The minimum atomic E-state index is -4.24. The second-order valence-corrected chi connectivity index (χ2v) is 11.4. The van der Waals surface area contributed by atoms with Crippen molar-refractivity contribution in [3.63, 3.8) is 0 Å². The normalized spacial score (nSPS) is 12.1. The first-order valence-electron chi connectivity index (χ1n) is 11.2. The lowest BCUT2D eigenvalue weighted by molar-refractivity contribution is -0.139. The Morgan fingerprint density at radius 1 is 0.946 bits per heavy atom. The number of sulfonamides is 1. The smallest absolute Gasteiger partial charge is 0.264 e. The van der Waals surface area contributed by atoms with Gasteiger partial charge in [0.15, 0.2) is 0 Å². The standard InChI is InChI=1S/C26H26Cl3N3O4S/c1-17-7-13-21(14-8-17)37(35,36)32(23-6-4-5-22(28)25(23)29)16-24(33)31(18(2)26(34)30-3)15-19-9-11-20(27)12-10-19/h4-14,18H,15-16H2,1-3H3,(H,30,34)/t18-/m0/s1. The lowest BCUT2D eigenvalue weighted by Crippen LogP contribution is -2.50. The fourth-order valence-corrected chi connectivity index (χ4v) is 5.61. The summed E-state index contributed by atoms with van der Waals surface area (Å²) in [6.45, 7) is 2.83. The van der Waals surface area contributed by atoms with Gasteiger partial charge in [-0.05, 0) is 55.8 Å². The van der Waals surface area contributed by atoms with Crippen molar-refractivity contribution < 1.29 is 18.0 Å². The third kappa shape index (κ3) is 6.76. The highest BCUT2D eigenvalue weighted by Gasteiger charge is 2.33. The van der Waals surface area contributed by atoms with Crippen molar-refractivity contribution >= 4 is 62.3 Å². The Morgan fingerprint density at radius 2 is 1.57 bits per heavy atom. The van der Waals surface area contributed by atoms with E-state index in [0.717, 1.165) is 9.87 Å². The Morgan fingerprint density at radius 3 is 2.16 bits per heavy atom. The maximum Gasteiger partial charge on any atom is 0.264 e. The third-order valence-electron chi connectivity index (χ3n) is 5.77. The van der Waals surface area contributed by atoms with Crippen LogP contribution in [0.1, 0.15) is 18.1 Å². The summed E-state index contributed by atoms with van der Waals surface area (Å²) in [4.78, 5) is 27.5. The molecule has 3 aromatic rings. The number of nitrogens with one attached hydrogen (secondary N) is 1. The van der Waals surface area contributed by atoms with E-state index in [9.17, 15) is 18.0 Å². The minimum Gasteiger partial charge on any atom is -0.357 e. The maximum absolute atomic E-state index is 13.8. The van der Waals surface area contributed by atoms with Gasteiger partial charge in [-0.1, -0.05) is 70.7 Å². The molecule has 0 spiro atoms. The van der Waals surface area contributed by atoms with E-state index in [0.29, 0.717) is 10.6 Å². The lowest BCUT2D eigenvalue weighted by Gasteiger charge is -2.32. The summed E-state index contributed by atoms with van der Waals surface area (Å²) in [5.41, 5.74) is 1.63. The first kappa shape index (κ1) is 28.8. The van der Waals surface area contributed by atoms with Gasteiger partial charge in [0.05, 0.1) is 20.6 Å². The first-order valence-corrected chi connectivity index (χ1v) is 13.8. The van der Waals surface area contributed by atoms with Crippen LogP contribution >= 0.6 is 34.8 Å². The van der Waals surface area contributed by atoms with E-state index < -0.39 is 34.4 Å². The first-order chi connectivity index (χ1) is 17.4. The van der Waals surface area contributed by atoms with Crippen molar-refractivity contribution in [2.45, 2.75) is 31.3 Å². The molecule has 7 nitrogen and oxygen atoms in total. The molecule has 3 rings (SSSR count). The Balaban J connectivity index is 2.07. The molecule has 1 N–H and O–H groups in total. The van der Waals surface area contributed by atoms with Gasteiger partial charge >= 0.3 is 0 Å². The maximum atomic E-state index is 13.8. The number of carbonyl (C=O) groups excluding carboxylic acids is 2. The predicted octanol–water partition coefficient (Wildman–Crippen LogP) is 5.31. The van der Waals surface area contributed by atoms with Gasteiger partial charge in [0.25, 0.3) is 10.0 Å². The zero-order valence-corrected chi connectivity index (χ0v) is 23.5. The lowest BCUT2D eigenvalue weighted by atomic mass is 10.1. The van der Waals surface area contributed by atoms with Gasteiger partial charge in [-0.15, -0.1) is 0 Å². The van der Waals surface area contributed by atoms with Gasteiger partial charge in [-0.2, -0.15) is 0 Å². The number of nitrogens with zero attached hydrogens (tertiary/aromatic N) is 2. The predicted molar refractivity (Wildman–Crippen MR) is 148 cm³/mol. The van der Waals surface area contributed by atoms with Gasteiger partial charge in [-0.25, -0.2) is 8.42 Å². The van der Waals surface area contributed by atoms with Crippen molar-refractivity contribution in [2.75, 3.05) is 17.9 Å². The van der Waals surface area contributed by atoms with Crippen LogP contribution in [0.4, 0.5) is 5.69 Å². The molecule has 1 atom stereocenters. The molecule has 37 heavy (non-hydrogen) atoms. The topological polar surface area (TPSA) is 86.8 Å². The number of amides is 2. The van der Waals surface area contributed by atoms with Crippen LogP contribution in [0.25, 0.3) is 0 Å². The van der Waals surface area contributed by atoms with E-state index >= 15 is 0 Å². The van der Waals surface area contributed by atoms with E-state index in [1.54, 1.807) is 49.4 Å². The van der Waals surface area contributed by atoms with Crippen LogP contribution in [0.3, 0.4) is 0 Å². The summed E-state index contributed by atoms with van der Waals surface area (Å²) < 4.78 is 28.5. The molecule has 0 saturated carbocycles. The molecule has 0 radical (unpaired) electrons. The van der Waals surface area contributed by atoms with E-state index in [1.807, 2.05) is 6.92 Å². The molecule has 0 aliphatic carbocycles. The van der Waals surface area contributed by atoms with Crippen molar-refractivity contribution in [2.24, 2.45) is 0 Å². The second-order valence-electron chi connectivity index (χ2n) is 8.34. The molecule has 11 heteroatoms. The number of benzene rings is 3. The van der Waals surface area contributed by atoms with Crippen molar-refractivity contribution in [1.82, 2.24) is 10.2 Å². The molecular formula is C26H26Cl3N3O4S. The summed E-state index contributed by atoms with van der Waals surface area (Å²) in [6.07, 6.45) is 0. The molecule has 0 saturated heterocycles. The van der Waals surface area contributed by atoms with Gasteiger partial charge in [-0.3, -0.25) is 13.9 Å². The summed E-state index contributed by atoms with van der Waals surface area (Å²) in [5.74, 6) is -1.02. The van der Waals surface area contributed by atoms with Gasteiger partial charge in [0, 0.05) is 18.6 Å². The van der Waals surface area contributed by atoms with Crippen LogP contribution in [0.15, 0.2) is 71.6 Å². The quantitative estimate of drug-likeness (QED) is 0.370. The summed E-state index contributed by atoms with van der Waals surface area (Å²) >= 11 is 18.6. The average Bonchev–Trinajstić information content (AvgIpc) is 2.88. The van der Waals surface area contributed by atoms with Gasteiger partial charge in [0.2, 0.25) is 11.8 Å². The summed E-state index contributed by atoms with van der Waals surface area (Å²) in [7, 11) is -2.78. The molecule has 0 unspecified atom stereocenters. The van der Waals surface area contributed by atoms with Crippen LogP contribution < -0.4 is 9.62 Å². The molecule has 3 aromatic carbocycles. The van der Waals surface area contributed by atoms with Crippen molar-refractivity contribution in [3.8, 4) is 0 Å². The molecule has 196 valence electrons. The van der Waals surface area contributed by atoms with Crippen LogP contribution in [0, 0.1) is 6.92 Å². The van der Waals surface area contributed by atoms with Crippen LogP contribution in [-0.2, 0) is 26.2 Å². The number of hydrogen-bond acceptors (Lipinski definition) is 4. The highest BCUT2D eigenvalue weighted by molar-refractivity contribution is 7.92. The molecule has 0 aliphatic rings. The number of halogens is 3. The van der Waals surface area contributed by atoms with Gasteiger partial charge in [0.1, 0.15) is 12.6 Å². The SMILES string of the molecule is CNC(=O)[C@H](C)N(Cc1ccc(Cl)cc1)C(=O)CN(c1cccc(Cl)c1Cl)S(=O)(=O)c1ccc(C)cc1. The third-order valence-corrected chi connectivity index (χ3v) is 8.60. The van der Waals surface area contributed by atoms with E-state index in [2.05, 4.69) is 5.32 Å². The highest BCUT2D eigenvalue weighted by Crippen LogP contribution is 2.35.